The van der Waals surface area contributed by atoms with Crippen molar-refractivity contribution in [2.75, 3.05) is 10.6 Å². The van der Waals surface area contributed by atoms with Crippen molar-refractivity contribution in [2.45, 2.75) is 32.7 Å². The second-order valence-electron chi connectivity index (χ2n) is 4.51. The van der Waals surface area contributed by atoms with Crippen molar-refractivity contribution < 1.29 is 9.18 Å². The molecule has 86 valence electrons. The first-order valence-corrected chi connectivity index (χ1v) is 5.36. The molecular formula is C12H15FN2O. The van der Waals surface area contributed by atoms with Gasteiger partial charge in [-0.2, -0.15) is 0 Å². The fraction of sp³-hybridized carbons (Fsp3) is 0.417. The monoisotopic (exact) mass is 222 g/mol. The normalized spacial score (nSPS) is 17.4. The zero-order valence-electron chi connectivity index (χ0n) is 9.65. The standard InChI is InChI=1S/C12H15FN2O/c1-4-7-5-6-8(13)10-9(7)14-11(16)12(2,3)15-10/h5-6,15H,4H2,1-3H3,(H,14,16). The molecule has 0 unspecified atom stereocenters. The van der Waals surface area contributed by atoms with Crippen LogP contribution in [-0.4, -0.2) is 11.4 Å². The quantitative estimate of drug-likeness (QED) is 0.766. The summed E-state index contributed by atoms with van der Waals surface area (Å²) in [6, 6.07) is 3.13. The van der Waals surface area contributed by atoms with Gasteiger partial charge >= 0.3 is 0 Å². The third kappa shape index (κ3) is 1.54. The molecule has 2 N–H and O–H groups in total. The van der Waals surface area contributed by atoms with Crippen molar-refractivity contribution in [3.05, 3.63) is 23.5 Å². The number of aryl methyl sites for hydroxylation is 1. The van der Waals surface area contributed by atoms with Crippen molar-refractivity contribution in [2.24, 2.45) is 0 Å². The molecule has 16 heavy (non-hydrogen) atoms. The van der Waals surface area contributed by atoms with Crippen LogP contribution in [-0.2, 0) is 11.2 Å². The van der Waals surface area contributed by atoms with Crippen LogP contribution in [0.4, 0.5) is 15.8 Å². The third-order valence-corrected chi connectivity index (χ3v) is 2.87. The molecule has 1 aliphatic heterocycles. The van der Waals surface area contributed by atoms with E-state index in [0.29, 0.717) is 11.4 Å². The van der Waals surface area contributed by atoms with Crippen LogP contribution in [0.5, 0.6) is 0 Å². The Kier molecular flexibility index (Phi) is 2.37. The van der Waals surface area contributed by atoms with E-state index >= 15 is 0 Å². The van der Waals surface area contributed by atoms with E-state index in [2.05, 4.69) is 10.6 Å². The van der Waals surface area contributed by atoms with Crippen molar-refractivity contribution in [3.63, 3.8) is 0 Å². The summed E-state index contributed by atoms with van der Waals surface area (Å²) >= 11 is 0. The third-order valence-electron chi connectivity index (χ3n) is 2.87. The minimum atomic E-state index is -0.778. The molecule has 0 saturated heterocycles. The highest BCUT2D eigenvalue weighted by Crippen LogP contribution is 2.36. The lowest BCUT2D eigenvalue weighted by Crippen LogP contribution is -2.48. The molecular weight excluding hydrogens is 207 g/mol. The van der Waals surface area contributed by atoms with Gasteiger partial charge in [0.25, 0.3) is 0 Å². The Hall–Kier alpha value is -1.58. The average molecular weight is 222 g/mol. The molecule has 0 atom stereocenters. The van der Waals surface area contributed by atoms with E-state index < -0.39 is 5.54 Å². The number of hydrogen-bond acceptors (Lipinski definition) is 2. The molecule has 0 radical (unpaired) electrons. The number of rotatable bonds is 1. The summed E-state index contributed by atoms with van der Waals surface area (Å²) in [5, 5.41) is 5.71. The first kappa shape index (κ1) is 10.9. The number of anilines is 2. The Morgan fingerprint density at radius 3 is 2.62 bits per heavy atom. The maximum atomic E-state index is 13.6. The second-order valence-corrected chi connectivity index (χ2v) is 4.51. The largest absolute Gasteiger partial charge is 0.368 e. The highest BCUT2D eigenvalue weighted by atomic mass is 19.1. The number of carbonyl (C=O) groups is 1. The van der Waals surface area contributed by atoms with Crippen molar-refractivity contribution in [1.29, 1.82) is 0 Å². The maximum absolute atomic E-state index is 13.6. The summed E-state index contributed by atoms with van der Waals surface area (Å²) in [6.45, 7) is 5.42. The van der Waals surface area contributed by atoms with E-state index in [9.17, 15) is 9.18 Å². The summed E-state index contributed by atoms with van der Waals surface area (Å²) in [5.74, 6) is -0.472. The summed E-state index contributed by atoms with van der Waals surface area (Å²) in [4.78, 5) is 11.8. The lowest BCUT2D eigenvalue weighted by molar-refractivity contribution is -0.119. The van der Waals surface area contributed by atoms with Crippen LogP contribution in [0.2, 0.25) is 0 Å². The van der Waals surface area contributed by atoms with Gasteiger partial charge in [0.2, 0.25) is 5.91 Å². The first-order chi connectivity index (χ1) is 7.45. The molecule has 0 bridgehead atoms. The van der Waals surface area contributed by atoms with Gasteiger partial charge in [-0.3, -0.25) is 4.79 Å². The molecule has 1 aromatic carbocycles. The Labute approximate surface area is 94.0 Å². The smallest absolute Gasteiger partial charge is 0.249 e. The van der Waals surface area contributed by atoms with E-state index in [4.69, 9.17) is 0 Å². The van der Waals surface area contributed by atoms with Gasteiger partial charge < -0.3 is 10.6 Å². The lowest BCUT2D eigenvalue weighted by atomic mass is 9.97. The molecule has 2 rings (SSSR count). The van der Waals surface area contributed by atoms with E-state index in [-0.39, 0.29) is 11.7 Å². The van der Waals surface area contributed by atoms with Crippen LogP contribution >= 0.6 is 0 Å². The summed E-state index contributed by atoms with van der Waals surface area (Å²) in [7, 11) is 0. The number of benzene rings is 1. The summed E-state index contributed by atoms with van der Waals surface area (Å²) < 4.78 is 13.6. The zero-order valence-corrected chi connectivity index (χ0v) is 9.65. The predicted molar refractivity (Wildman–Crippen MR) is 62.1 cm³/mol. The molecule has 0 spiro atoms. The van der Waals surface area contributed by atoms with Crippen LogP contribution < -0.4 is 10.6 Å². The summed E-state index contributed by atoms with van der Waals surface area (Å²) in [6.07, 6.45) is 0.755. The van der Waals surface area contributed by atoms with Crippen LogP contribution in [0, 0.1) is 5.82 Å². The predicted octanol–water partition coefficient (Wildman–Crippen LogP) is 2.53. The average Bonchev–Trinajstić information content (AvgIpc) is 2.22. The molecule has 0 aromatic heterocycles. The fourth-order valence-electron chi connectivity index (χ4n) is 1.82. The molecule has 1 aliphatic rings. The molecule has 0 aliphatic carbocycles. The number of hydrogen-bond donors (Lipinski definition) is 2. The number of amides is 1. The highest BCUT2D eigenvalue weighted by molar-refractivity contribution is 6.06. The zero-order chi connectivity index (χ0) is 11.9. The van der Waals surface area contributed by atoms with Crippen molar-refractivity contribution in [1.82, 2.24) is 0 Å². The van der Waals surface area contributed by atoms with Gasteiger partial charge in [-0.15, -0.1) is 0 Å². The molecule has 4 heteroatoms. The minimum absolute atomic E-state index is 0.139. The van der Waals surface area contributed by atoms with Crippen LogP contribution in [0.25, 0.3) is 0 Å². The van der Waals surface area contributed by atoms with E-state index in [1.54, 1.807) is 19.9 Å². The second kappa shape index (κ2) is 3.47. The number of carbonyl (C=O) groups excluding carboxylic acids is 1. The van der Waals surface area contributed by atoms with E-state index in [1.807, 2.05) is 6.92 Å². The van der Waals surface area contributed by atoms with Crippen molar-refractivity contribution >= 4 is 17.3 Å². The maximum Gasteiger partial charge on any atom is 0.249 e. The molecule has 3 nitrogen and oxygen atoms in total. The molecule has 1 heterocycles. The lowest BCUT2D eigenvalue weighted by Gasteiger charge is -2.34. The van der Waals surface area contributed by atoms with Gasteiger partial charge in [-0.25, -0.2) is 4.39 Å². The Morgan fingerprint density at radius 1 is 1.31 bits per heavy atom. The molecule has 1 amide bonds. The van der Waals surface area contributed by atoms with Crippen molar-refractivity contribution in [3.8, 4) is 0 Å². The molecule has 1 aromatic rings. The highest BCUT2D eigenvalue weighted by Gasteiger charge is 2.35. The molecule has 0 fully saturated rings. The number of fused-ring (bicyclic) bond motifs is 1. The van der Waals surface area contributed by atoms with E-state index in [1.165, 1.54) is 6.07 Å². The SMILES string of the molecule is CCc1ccc(F)c2c1NC(=O)C(C)(C)N2. The number of halogens is 1. The Bertz CT molecular complexity index is 455. The Balaban J connectivity index is 2.57. The van der Waals surface area contributed by atoms with Gasteiger partial charge in [0.1, 0.15) is 11.4 Å². The minimum Gasteiger partial charge on any atom is -0.368 e. The van der Waals surface area contributed by atoms with Gasteiger partial charge in [0.05, 0.1) is 11.4 Å². The van der Waals surface area contributed by atoms with E-state index in [0.717, 1.165) is 12.0 Å². The topological polar surface area (TPSA) is 41.1 Å². The van der Waals surface area contributed by atoms with Gasteiger partial charge in [-0.05, 0) is 31.9 Å². The van der Waals surface area contributed by atoms with Gasteiger partial charge in [0.15, 0.2) is 0 Å². The van der Waals surface area contributed by atoms with Crippen LogP contribution in [0.15, 0.2) is 12.1 Å². The summed E-state index contributed by atoms with van der Waals surface area (Å²) in [5.41, 5.74) is 1.13. The number of nitrogens with one attached hydrogen (secondary N) is 2. The van der Waals surface area contributed by atoms with Gasteiger partial charge in [0, 0.05) is 0 Å². The van der Waals surface area contributed by atoms with Crippen LogP contribution in [0.3, 0.4) is 0 Å². The first-order valence-electron chi connectivity index (χ1n) is 5.36. The Morgan fingerprint density at radius 2 is 2.00 bits per heavy atom. The molecule has 0 saturated carbocycles. The van der Waals surface area contributed by atoms with Gasteiger partial charge in [-0.1, -0.05) is 13.0 Å². The van der Waals surface area contributed by atoms with Crippen LogP contribution in [0.1, 0.15) is 26.3 Å². The fourth-order valence-corrected chi connectivity index (χ4v) is 1.82.